The van der Waals surface area contributed by atoms with Crippen LogP contribution < -0.4 is 5.32 Å². The van der Waals surface area contributed by atoms with Crippen LogP contribution in [-0.4, -0.2) is 44.2 Å². The Morgan fingerprint density at radius 3 is 2.43 bits per heavy atom. The zero-order valence-corrected chi connectivity index (χ0v) is 19.3. The van der Waals surface area contributed by atoms with Crippen molar-refractivity contribution in [2.75, 3.05) is 13.1 Å². The molecule has 0 radical (unpaired) electrons. The molecule has 3 rings (SSSR count). The fourth-order valence-electron chi connectivity index (χ4n) is 4.11. The van der Waals surface area contributed by atoms with E-state index in [9.17, 15) is 13.2 Å². The lowest BCUT2D eigenvalue weighted by Crippen LogP contribution is -2.47. The number of nitrogens with zero attached hydrogens (tertiary/aromatic N) is 2. The lowest BCUT2D eigenvalue weighted by atomic mass is 10.00. The maximum absolute atomic E-state index is 12.8. The highest BCUT2D eigenvalue weighted by atomic mass is 32.2. The van der Waals surface area contributed by atoms with Crippen LogP contribution in [0.3, 0.4) is 0 Å². The third-order valence-electron chi connectivity index (χ3n) is 6.03. The van der Waals surface area contributed by atoms with Crippen molar-refractivity contribution in [2.45, 2.75) is 65.8 Å². The lowest BCUT2D eigenvalue weighted by molar-refractivity contribution is -0.125. The Kier molecular flexibility index (Phi) is 7.01. The number of benzene rings is 1. The Morgan fingerprint density at radius 1 is 1.20 bits per heavy atom. The van der Waals surface area contributed by atoms with Crippen LogP contribution in [0.5, 0.6) is 0 Å². The number of sulfonamides is 1. The number of piperidine rings is 1. The van der Waals surface area contributed by atoms with E-state index in [-0.39, 0.29) is 17.9 Å². The van der Waals surface area contributed by atoms with Gasteiger partial charge in [0.05, 0.1) is 0 Å². The monoisotopic (exact) mass is 431 g/mol. The number of carbonyl (C=O) groups is 1. The van der Waals surface area contributed by atoms with Crippen LogP contribution in [0.25, 0.3) is 4.91 Å². The van der Waals surface area contributed by atoms with Gasteiger partial charge in [-0.1, -0.05) is 56.5 Å². The maximum atomic E-state index is 12.8. The predicted octanol–water partition coefficient (Wildman–Crippen LogP) is 3.87. The molecule has 0 saturated carbocycles. The first kappa shape index (κ1) is 22.5. The maximum Gasteiger partial charge on any atom is 0.285 e. The van der Waals surface area contributed by atoms with Crippen molar-refractivity contribution < 1.29 is 13.2 Å². The predicted molar refractivity (Wildman–Crippen MR) is 122 cm³/mol. The summed E-state index contributed by atoms with van der Waals surface area (Å²) in [6.45, 7) is 9.29. The zero-order valence-electron chi connectivity index (χ0n) is 18.4. The topological polar surface area (TPSA) is 78.8 Å². The molecule has 2 heterocycles. The van der Waals surface area contributed by atoms with E-state index in [1.807, 2.05) is 49.9 Å². The van der Waals surface area contributed by atoms with Gasteiger partial charge in [0.1, 0.15) is 10.7 Å². The largest absolute Gasteiger partial charge is 0.356 e. The summed E-state index contributed by atoms with van der Waals surface area (Å²) in [6.07, 6.45) is 4.66. The number of rotatable bonds is 6. The number of hydrogen-bond donors (Lipinski definition) is 1. The van der Waals surface area contributed by atoms with E-state index in [0.29, 0.717) is 35.0 Å². The normalized spacial score (nSPS) is 20.3. The van der Waals surface area contributed by atoms with Crippen LogP contribution in [0, 0.1) is 12.8 Å². The number of nitrogens with one attached hydrogen (secondary N) is 1. The summed E-state index contributed by atoms with van der Waals surface area (Å²) in [5.41, 5.74) is 2.47. The van der Waals surface area contributed by atoms with Gasteiger partial charge in [0, 0.05) is 30.6 Å². The highest BCUT2D eigenvalue weighted by molar-refractivity contribution is 8.00. The molecule has 1 fully saturated rings. The summed E-state index contributed by atoms with van der Waals surface area (Å²) >= 11 is 0. The van der Waals surface area contributed by atoms with Crippen LogP contribution >= 0.6 is 0 Å². The highest BCUT2D eigenvalue weighted by Crippen LogP contribution is 2.34. The number of aryl methyl sites for hydroxylation is 1. The van der Waals surface area contributed by atoms with Crippen LogP contribution in [0.4, 0.5) is 0 Å². The summed E-state index contributed by atoms with van der Waals surface area (Å²) in [6, 6.07) is 7.65. The Labute approximate surface area is 180 Å². The molecule has 0 aromatic heterocycles. The molecule has 0 spiro atoms. The van der Waals surface area contributed by atoms with Crippen molar-refractivity contribution in [3.8, 4) is 0 Å². The third kappa shape index (κ3) is 4.94. The highest BCUT2D eigenvalue weighted by Gasteiger charge is 2.35. The second kappa shape index (κ2) is 9.33. The second-order valence-electron chi connectivity index (χ2n) is 8.52. The molecule has 7 heteroatoms. The molecule has 0 aliphatic carbocycles. The molecule has 1 aromatic rings. The summed E-state index contributed by atoms with van der Waals surface area (Å²) in [5.74, 6) is 0.710. The van der Waals surface area contributed by atoms with Crippen molar-refractivity contribution in [3.63, 3.8) is 0 Å². The number of unbranched alkanes of at least 4 members (excludes halogenated alkanes) is 1. The van der Waals surface area contributed by atoms with Crippen molar-refractivity contribution in [1.29, 1.82) is 0 Å². The van der Waals surface area contributed by atoms with Gasteiger partial charge in [0.2, 0.25) is 5.91 Å². The number of carbonyl (C=O) groups excluding carboxylic acids is 1. The second-order valence-corrected chi connectivity index (χ2v) is 10.1. The van der Waals surface area contributed by atoms with Crippen LogP contribution in [0.1, 0.15) is 64.0 Å². The fraction of sp³-hybridized carbons (Fsp3) is 0.565. The average Bonchev–Trinajstić information content (AvgIpc) is 2.96. The number of likely N-dealkylation sites (tertiary alicyclic amines) is 1. The molecule has 1 amide bonds. The summed E-state index contributed by atoms with van der Waals surface area (Å²) in [4.78, 5) is 14.7. The van der Waals surface area contributed by atoms with Crippen molar-refractivity contribution >= 4 is 26.7 Å². The van der Waals surface area contributed by atoms with Gasteiger partial charge >= 0.3 is 0 Å². The van der Waals surface area contributed by atoms with Gasteiger partial charge in [-0.2, -0.15) is 8.42 Å². The quantitative estimate of drug-likeness (QED) is 0.741. The molecule has 2 aliphatic rings. The minimum Gasteiger partial charge on any atom is -0.356 e. The molecular formula is C23H33N3O3S. The molecule has 0 bridgehead atoms. The van der Waals surface area contributed by atoms with Gasteiger partial charge < -0.3 is 10.2 Å². The van der Waals surface area contributed by atoms with Crippen molar-refractivity contribution in [2.24, 2.45) is 10.3 Å². The summed E-state index contributed by atoms with van der Waals surface area (Å²) in [5, 5.41) is 3.17. The molecule has 1 atom stereocenters. The van der Waals surface area contributed by atoms with Crippen LogP contribution in [0.2, 0.25) is 0 Å². The first-order valence-corrected chi connectivity index (χ1v) is 12.4. The SMILES string of the molecule is CCCC[C@@H](C)C(=O)NC1CCN(C2=NS(=O)(=O)C(c3ccc(C)cc3)=C2C)CC1. The lowest BCUT2D eigenvalue weighted by Gasteiger charge is -2.34. The van der Waals surface area contributed by atoms with Crippen molar-refractivity contribution in [1.82, 2.24) is 10.2 Å². The third-order valence-corrected chi connectivity index (χ3v) is 7.50. The molecule has 1 N–H and O–H groups in total. The molecule has 2 aliphatic heterocycles. The van der Waals surface area contributed by atoms with E-state index in [4.69, 9.17) is 0 Å². The van der Waals surface area contributed by atoms with E-state index in [1.54, 1.807) is 0 Å². The number of amides is 1. The molecule has 1 saturated heterocycles. The fourth-order valence-corrected chi connectivity index (χ4v) is 5.59. The summed E-state index contributed by atoms with van der Waals surface area (Å²) in [7, 11) is -3.70. The first-order chi connectivity index (χ1) is 14.2. The van der Waals surface area contributed by atoms with Gasteiger partial charge in [-0.05, 0) is 38.7 Å². The molecule has 30 heavy (non-hydrogen) atoms. The van der Waals surface area contributed by atoms with E-state index in [1.165, 1.54) is 0 Å². The number of amidine groups is 1. The van der Waals surface area contributed by atoms with Crippen LogP contribution in [-0.2, 0) is 14.8 Å². The van der Waals surface area contributed by atoms with Gasteiger partial charge in [-0.15, -0.1) is 4.40 Å². The first-order valence-electron chi connectivity index (χ1n) is 10.9. The Morgan fingerprint density at radius 2 is 1.83 bits per heavy atom. The van der Waals surface area contributed by atoms with Crippen molar-refractivity contribution in [3.05, 3.63) is 41.0 Å². The van der Waals surface area contributed by atoms with Crippen LogP contribution in [0.15, 0.2) is 34.2 Å². The Hall–Kier alpha value is -2.15. The molecule has 6 nitrogen and oxygen atoms in total. The van der Waals surface area contributed by atoms with Gasteiger partial charge in [-0.25, -0.2) is 0 Å². The number of hydrogen-bond acceptors (Lipinski definition) is 4. The van der Waals surface area contributed by atoms with E-state index >= 15 is 0 Å². The molecule has 164 valence electrons. The molecule has 0 unspecified atom stereocenters. The standard InChI is InChI=1S/C23H33N3O3S/c1-5-6-7-17(3)23(27)24-20-12-14-26(15-13-20)22-18(4)21(30(28,29)25-22)19-10-8-16(2)9-11-19/h8-11,17,20H,5-7,12-15H2,1-4H3,(H,24,27)/t17-/m1/s1. The van der Waals surface area contributed by atoms with Gasteiger partial charge in [0.25, 0.3) is 10.0 Å². The zero-order chi connectivity index (χ0) is 21.9. The van der Waals surface area contributed by atoms with E-state index in [2.05, 4.69) is 16.6 Å². The molecular weight excluding hydrogens is 398 g/mol. The average molecular weight is 432 g/mol. The smallest absolute Gasteiger partial charge is 0.285 e. The minimum absolute atomic E-state index is 0.0366. The Bertz CT molecular complexity index is 940. The van der Waals surface area contributed by atoms with E-state index in [0.717, 1.165) is 37.7 Å². The van der Waals surface area contributed by atoms with Gasteiger partial charge in [-0.3, -0.25) is 4.79 Å². The van der Waals surface area contributed by atoms with E-state index < -0.39 is 10.0 Å². The molecule has 1 aromatic carbocycles. The minimum atomic E-state index is -3.70. The Balaban J connectivity index is 1.65. The summed E-state index contributed by atoms with van der Waals surface area (Å²) < 4.78 is 29.6. The van der Waals surface area contributed by atoms with Gasteiger partial charge in [0.15, 0.2) is 0 Å².